The Morgan fingerprint density at radius 2 is 1.92 bits per heavy atom. The molecule has 0 radical (unpaired) electrons. The summed E-state index contributed by atoms with van der Waals surface area (Å²) in [6.07, 6.45) is 7.25. The normalized spacial score (nSPS) is 10.5. The van der Waals surface area contributed by atoms with Gasteiger partial charge < -0.3 is 5.32 Å². The van der Waals surface area contributed by atoms with Gasteiger partial charge in [-0.1, -0.05) is 37.6 Å². The van der Waals surface area contributed by atoms with Crippen LogP contribution in [0, 0.1) is 0 Å². The number of aromatic nitrogens is 2. The molecule has 1 N–H and O–H groups in total. The van der Waals surface area contributed by atoms with Crippen LogP contribution in [0.25, 0.3) is 0 Å². The highest BCUT2D eigenvalue weighted by Crippen LogP contribution is 2.20. The summed E-state index contributed by atoms with van der Waals surface area (Å²) in [7, 11) is 0. The first-order chi connectivity index (χ1) is 12.7. The molecular formula is C21H21N3OS. The van der Waals surface area contributed by atoms with Crippen LogP contribution in [-0.4, -0.2) is 15.9 Å². The molecule has 2 aromatic carbocycles. The molecule has 0 aliphatic rings. The lowest BCUT2D eigenvalue weighted by Crippen LogP contribution is -2.12. The largest absolute Gasteiger partial charge is 0.322 e. The van der Waals surface area contributed by atoms with Crippen molar-refractivity contribution in [2.75, 3.05) is 5.32 Å². The lowest BCUT2D eigenvalue weighted by molar-refractivity contribution is 0.102. The zero-order valence-corrected chi connectivity index (χ0v) is 15.5. The first-order valence-corrected chi connectivity index (χ1v) is 9.61. The smallest absolute Gasteiger partial charge is 0.255 e. The van der Waals surface area contributed by atoms with E-state index in [1.54, 1.807) is 30.4 Å². The van der Waals surface area contributed by atoms with E-state index >= 15 is 0 Å². The van der Waals surface area contributed by atoms with Gasteiger partial charge in [0.05, 0.1) is 6.20 Å². The third-order valence-corrected chi connectivity index (χ3v) is 4.85. The second-order valence-electron chi connectivity index (χ2n) is 5.93. The van der Waals surface area contributed by atoms with Crippen molar-refractivity contribution >= 4 is 23.4 Å². The Morgan fingerprint density at radius 1 is 1.08 bits per heavy atom. The fourth-order valence-electron chi connectivity index (χ4n) is 2.57. The van der Waals surface area contributed by atoms with Crippen LogP contribution in [0.2, 0.25) is 0 Å². The van der Waals surface area contributed by atoms with Crippen molar-refractivity contribution in [3.63, 3.8) is 0 Å². The Bertz CT molecular complexity index is 851. The number of benzene rings is 2. The molecule has 0 unspecified atom stereocenters. The Balaban J connectivity index is 1.62. The average Bonchev–Trinajstić information content (AvgIpc) is 2.69. The molecule has 0 spiro atoms. The van der Waals surface area contributed by atoms with Crippen LogP contribution in [0.5, 0.6) is 0 Å². The van der Waals surface area contributed by atoms with Crippen LogP contribution >= 0.6 is 11.8 Å². The lowest BCUT2D eigenvalue weighted by Gasteiger charge is -2.08. The van der Waals surface area contributed by atoms with Gasteiger partial charge in [-0.25, -0.2) is 4.98 Å². The molecule has 1 heterocycles. The van der Waals surface area contributed by atoms with Gasteiger partial charge in [0.1, 0.15) is 5.03 Å². The average molecular weight is 363 g/mol. The standard InChI is InChI=1S/C21H21N3OS/c1-2-4-16-7-9-19(10-8-16)24-21(25)18-6-3-5-17(13-18)15-26-20-14-22-11-12-23-20/h3,5-14H,2,4,15H2,1H3,(H,24,25). The van der Waals surface area contributed by atoms with Crippen molar-refractivity contribution in [2.45, 2.75) is 30.5 Å². The van der Waals surface area contributed by atoms with Crippen LogP contribution < -0.4 is 5.32 Å². The molecule has 0 fully saturated rings. The minimum atomic E-state index is -0.0976. The minimum absolute atomic E-state index is 0.0976. The molecule has 4 nitrogen and oxygen atoms in total. The summed E-state index contributed by atoms with van der Waals surface area (Å²) in [5.41, 5.74) is 3.83. The van der Waals surface area contributed by atoms with Gasteiger partial charge in [0.2, 0.25) is 0 Å². The van der Waals surface area contributed by atoms with Gasteiger partial charge in [0, 0.05) is 29.4 Å². The summed E-state index contributed by atoms with van der Waals surface area (Å²) in [4.78, 5) is 20.8. The van der Waals surface area contributed by atoms with Gasteiger partial charge in [-0.05, 0) is 41.8 Å². The number of carbonyl (C=O) groups excluding carboxylic acids is 1. The molecule has 3 aromatic rings. The van der Waals surface area contributed by atoms with Gasteiger partial charge in [0.15, 0.2) is 0 Å². The Hall–Kier alpha value is -2.66. The van der Waals surface area contributed by atoms with Crippen LogP contribution in [0.15, 0.2) is 72.1 Å². The van der Waals surface area contributed by atoms with Gasteiger partial charge in [-0.15, -0.1) is 11.8 Å². The number of hydrogen-bond donors (Lipinski definition) is 1. The maximum atomic E-state index is 12.5. The van der Waals surface area contributed by atoms with Crippen LogP contribution in [-0.2, 0) is 12.2 Å². The molecule has 0 atom stereocenters. The third kappa shape index (κ3) is 5.17. The molecule has 1 amide bonds. The summed E-state index contributed by atoms with van der Waals surface area (Å²) < 4.78 is 0. The van der Waals surface area contributed by atoms with Gasteiger partial charge in [-0.3, -0.25) is 9.78 Å². The summed E-state index contributed by atoms with van der Waals surface area (Å²) in [5, 5.41) is 3.83. The highest BCUT2D eigenvalue weighted by atomic mass is 32.2. The van der Waals surface area contributed by atoms with E-state index in [2.05, 4.69) is 34.3 Å². The molecular weight excluding hydrogens is 342 g/mol. The van der Waals surface area contributed by atoms with Crippen molar-refractivity contribution in [2.24, 2.45) is 0 Å². The van der Waals surface area contributed by atoms with E-state index in [1.807, 2.05) is 36.4 Å². The zero-order valence-electron chi connectivity index (χ0n) is 14.7. The Labute approximate surface area is 158 Å². The number of carbonyl (C=O) groups is 1. The van der Waals surface area contributed by atoms with Gasteiger partial charge in [-0.2, -0.15) is 0 Å². The molecule has 132 valence electrons. The molecule has 3 rings (SSSR count). The van der Waals surface area contributed by atoms with Gasteiger partial charge in [0.25, 0.3) is 5.91 Å². The maximum absolute atomic E-state index is 12.5. The van der Waals surface area contributed by atoms with Crippen molar-refractivity contribution in [1.29, 1.82) is 0 Å². The number of anilines is 1. The van der Waals surface area contributed by atoms with Crippen molar-refractivity contribution in [1.82, 2.24) is 9.97 Å². The molecule has 5 heteroatoms. The first kappa shape index (κ1) is 18.1. The number of amides is 1. The predicted octanol–water partition coefficient (Wildman–Crippen LogP) is 4.97. The molecule has 0 bridgehead atoms. The summed E-state index contributed by atoms with van der Waals surface area (Å²) in [5.74, 6) is 0.644. The molecule has 0 saturated heterocycles. The number of hydrogen-bond acceptors (Lipinski definition) is 4. The van der Waals surface area contributed by atoms with Gasteiger partial charge >= 0.3 is 0 Å². The van der Waals surface area contributed by atoms with E-state index in [1.165, 1.54) is 5.56 Å². The Kier molecular flexibility index (Phi) is 6.39. The summed E-state index contributed by atoms with van der Waals surface area (Å²) in [6.45, 7) is 2.16. The molecule has 0 aliphatic heterocycles. The maximum Gasteiger partial charge on any atom is 0.255 e. The topological polar surface area (TPSA) is 54.9 Å². The number of rotatable bonds is 7. The quantitative estimate of drug-likeness (QED) is 0.602. The number of nitrogens with zero attached hydrogens (tertiary/aromatic N) is 2. The van der Waals surface area contributed by atoms with Crippen molar-refractivity contribution in [3.05, 3.63) is 83.8 Å². The number of thioether (sulfide) groups is 1. The highest BCUT2D eigenvalue weighted by molar-refractivity contribution is 7.98. The van der Waals surface area contributed by atoms with E-state index in [0.717, 1.165) is 34.9 Å². The predicted molar refractivity (Wildman–Crippen MR) is 106 cm³/mol. The van der Waals surface area contributed by atoms with Crippen LogP contribution in [0.4, 0.5) is 5.69 Å². The molecule has 26 heavy (non-hydrogen) atoms. The monoisotopic (exact) mass is 363 g/mol. The minimum Gasteiger partial charge on any atom is -0.322 e. The van der Waals surface area contributed by atoms with Crippen LogP contribution in [0.1, 0.15) is 34.8 Å². The van der Waals surface area contributed by atoms with E-state index in [9.17, 15) is 4.79 Å². The fourth-order valence-corrected chi connectivity index (χ4v) is 3.33. The number of nitrogens with one attached hydrogen (secondary N) is 1. The second-order valence-corrected chi connectivity index (χ2v) is 6.93. The molecule has 0 aliphatic carbocycles. The second kappa shape index (κ2) is 9.15. The molecule has 0 saturated carbocycles. The highest BCUT2D eigenvalue weighted by Gasteiger charge is 2.07. The van der Waals surface area contributed by atoms with E-state index in [4.69, 9.17) is 0 Å². The van der Waals surface area contributed by atoms with E-state index < -0.39 is 0 Å². The third-order valence-electron chi connectivity index (χ3n) is 3.87. The fraction of sp³-hybridized carbons (Fsp3) is 0.190. The van der Waals surface area contributed by atoms with E-state index in [-0.39, 0.29) is 5.91 Å². The SMILES string of the molecule is CCCc1ccc(NC(=O)c2cccc(CSc3cnccn3)c2)cc1. The number of aryl methyl sites for hydroxylation is 1. The zero-order chi connectivity index (χ0) is 18.2. The van der Waals surface area contributed by atoms with Crippen molar-refractivity contribution in [3.8, 4) is 0 Å². The van der Waals surface area contributed by atoms with Crippen LogP contribution in [0.3, 0.4) is 0 Å². The lowest BCUT2D eigenvalue weighted by atomic mass is 10.1. The summed E-state index contributed by atoms with van der Waals surface area (Å²) >= 11 is 1.60. The first-order valence-electron chi connectivity index (χ1n) is 8.62. The summed E-state index contributed by atoms with van der Waals surface area (Å²) in [6, 6.07) is 15.7. The van der Waals surface area contributed by atoms with Crippen molar-refractivity contribution < 1.29 is 4.79 Å². The molecule has 1 aromatic heterocycles. The van der Waals surface area contributed by atoms with E-state index in [0.29, 0.717) is 5.56 Å². The Morgan fingerprint density at radius 3 is 2.65 bits per heavy atom.